The third kappa shape index (κ3) is 29.0. The van der Waals surface area contributed by atoms with E-state index in [0.717, 1.165) is 25.7 Å². The van der Waals surface area contributed by atoms with E-state index in [1.54, 1.807) is 0 Å². The predicted octanol–water partition coefficient (Wildman–Crippen LogP) is 6.96. The third-order valence-electron chi connectivity index (χ3n) is 4.94. The Morgan fingerprint density at radius 2 is 0.633 bits per heavy atom. The molecular weight excluding hydrogens is 462 g/mol. The van der Waals surface area contributed by atoms with Crippen molar-refractivity contribution < 1.29 is 28.7 Å². The first-order valence-corrected chi connectivity index (χ1v) is 17.6. The molecule has 0 amide bonds. The van der Waals surface area contributed by atoms with E-state index in [4.69, 9.17) is 19.6 Å². The predicted molar refractivity (Wildman–Crippen MR) is 133 cm³/mol. The van der Waals surface area contributed by atoms with Gasteiger partial charge in [-0.2, -0.15) is 0 Å². The number of rotatable bonds is 23. The molecule has 6 nitrogen and oxygen atoms in total. The van der Waals surface area contributed by atoms with E-state index < -0.39 is 15.2 Å². The second-order valence-electron chi connectivity index (χ2n) is 8.08. The molecule has 182 valence electrons. The van der Waals surface area contributed by atoms with Crippen LogP contribution in [-0.2, 0) is 9.13 Å². The van der Waals surface area contributed by atoms with Crippen LogP contribution >= 0.6 is 36.8 Å². The third-order valence-corrected chi connectivity index (χ3v) is 9.31. The fraction of sp³-hybridized carbons (Fsp3) is 1.00. The summed E-state index contributed by atoms with van der Waals surface area (Å²) < 4.78 is 21.5. The van der Waals surface area contributed by atoms with E-state index in [2.05, 4.69) is 0 Å². The van der Waals surface area contributed by atoms with Gasteiger partial charge in [-0.25, -0.2) is 0 Å². The summed E-state index contributed by atoms with van der Waals surface area (Å²) in [6.45, 7) is 0. The van der Waals surface area contributed by atoms with Gasteiger partial charge >= 0.3 is 15.2 Å². The molecule has 0 heterocycles. The van der Waals surface area contributed by atoms with Gasteiger partial charge in [-0.05, 0) is 25.7 Å². The van der Waals surface area contributed by atoms with Crippen molar-refractivity contribution in [1.82, 2.24) is 0 Å². The lowest BCUT2D eigenvalue weighted by Gasteiger charge is -2.05. The zero-order valence-electron chi connectivity index (χ0n) is 18.5. The molecule has 0 radical (unpaired) electrons. The van der Waals surface area contributed by atoms with E-state index in [1.165, 1.54) is 75.7 Å². The highest BCUT2D eigenvalue weighted by Gasteiger charge is 2.11. The minimum absolute atomic E-state index is 0.0336. The van der Waals surface area contributed by atoms with Gasteiger partial charge in [0.1, 0.15) is 0 Å². The zero-order valence-corrected chi connectivity index (χ0v) is 21.9. The van der Waals surface area contributed by atoms with Crippen LogP contribution in [0.25, 0.3) is 0 Å². The summed E-state index contributed by atoms with van der Waals surface area (Å²) >= 11 is 0. The minimum Gasteiger partial charge on any atom is -0.324 e. The van der Waals surface area contributed by atoms with Gasteiger partial charge in [-0.15, -0.1) is 0 Å². The molecule has 0 rings (SSSR count). The van der Waals surface area contributed by atoms with Crippen LogP contribution in [0.3, 0.4) is 0 Å². The van der Waals surface area contributed by atoms with Gasteiger partial charge in [0, 0.05) is 23.8 Å². The first kappa shape index (κ1) is 31.0. The second kappa shape index (κ2) is 20.6. The largest absolute Gasteiger partial charge is 0.325 e. The minimum atomic E-state index is -3.79. The summed E-state index contributed by atoms with van der Waals surface area (Å²) in [4.78, 5) is 35.1. The summed E-state index contributed by atoms with van der Waals surface area (Å²) in [6, 6.07) is 0. The summed E-state index contributed by atoms with van der Waals surface area (Å²) in [6.07, 6.45) is 17.8. The molecule has 0 aromatic heterocycles. The molecule has 0 fully saturated rings. The van der Waals surface area contributed by atoms with E-state index in [-0.39, 0.29) is 12.3 Å². The Labute approximate surface area is 191 Å². The van der Waals surface area contributed by atoms with Crippen LogP contribution < -0.4 is 0 Å². The summed E-state index contributed by atoms with van der Waals surface area (Å²) in [5.41, 5.74) is 0. The molecule has 0 saturated carbocycles. The van der Waals surface area contributed by atoms with Crippen LogP contribution in [0.15, 0.2) is 0 Å². The van der Waals surface area contributed by atoms with Crippen LogP contribution in [-0.4, -0.2) is 43.4 Å². The lowest BCUT2D eigenvalue weighted by atomic mass is 10.1. The van der Waals surface area contributed by atoms with E-state index in [1.807, 2.05) is 21.6 Å². The quantitative estimate of drug-likeness (QED) is 0.0667. The number of unbranched alkanes of at least 4 members (excludes halogenated alkanes) is 14. The summed E-state index contributed by atoms with van der Waals surface area (Å²) in [7, 11) is -3.60. The Bertz CT molecular complexity index is 428. The van der Waals surface area contributed by atoms with Gasteiger partial charge in [0.15, 0.2) is 0 Å². The SMILES string of the molecule is O=P(O)(O)CCCCCCCCCCSSCCCCCCCCCCP(=O)(O)O. The fourth-order valence-electron chi connectivity index (χ4n) is 3.20. The lowest BCUT2D eigenvalue weighted by Crippen LogP contribution is -1.88. The number of hydrogen-bond donors (Lipinski definition) is 4. The summed E-state index contributed by atoms with van der Waals surface area (Å²) in [5.74, 6) is 2.45. The average molecular weight is 507 g/mol. The average Bonchev–Trinajstić information content (AvgIpc) is 2.64. The van der Waals surface area contributed by atoms with Crippen molar-refractivity contribution in [3.8, 4) is 0 Å². The molecule has 0 saturated heterocycles. The Kier molecular flexibility index (Phi) is 21.3. The van der Waals surface area contributed by atoms with Crippen LogP contribution in [0, 0.1) is 0 Å². The van der Waals surface area contributed by atoms with Crippen molar-refractivity contribution in [2.75, 3.05) is 23.8 Å². The fourth-order valence-corrected chi connectivity index (χ4v) is 6.76. The molecule has 4 N–H and O–H groups in total. The molecule has 30 heavy (non-hydrogen) atoms. The number of hydrogen-bond acceptors (Lipinski definition) is 4. The smallest absolute Gasteiger partial charge is 0.324 e. The van der Waals surface area contributed by atoms with Gasteiger partial charge in [-0.1, -0.05) is 98.6 Å². The maximum absolute atomic E-state index is 10.7. The van der Waals surface area contributed by atoms with Gasteiger partial charge in [0.2, 0.25) is 0 Å². The molecule has 0 spiro atoms. The van der Waals surface area contributed by atoms with Crippen molar-refractivity contribution in [2.24, 2.45) is 0 Å². The molecule has 0 atom stereocenters. The Morgan fingerprint density at radius 3 is 0.900 bits per heavy atom. The molecule has 0 aromatic carbocycles. The van der Waals surface area contributed by atoms with Crippen LogP contribution in [0.4, 0.5) is 0 Å². The van der Waals surface area contributed by atoms with E-state index >= 15 is 0 Å². The van der Waals surface area contributed by atoms with Gasteiger partial charge in [0.05, 0.1) is 0 Å². The highest BCUT2D eigenvalue weighted by atomic mass is 33.1. The van der Waals surface area contributed by atoms with Crippen molar-refractivity contribution in [3.63, 3.8) is 0 Å². The Balaban J connectivity index is 3.08. The topological polar surface area (TPSA) is 115 Å². The maximum atomic E-state index is 10.7. The maximum Gasteiger partial charge on any atom is 0.325 e. The first-order valence-electron chi connectivity index (χ1n) is 11.5. The molecule has 0 aliphatic carbocycles. The standard InChI is InChI=1S/C20H44O6P2S2/c21-27(22,23)17-13-9-5-1-3-7-11-15-19-29-30-20-16-12-8-4-2-6-10-14-18-28(24,25)26/h1-20H2,(H2,21,22,23)(H2,24,25,26). The molecule has 0 aromatic rings. The highest BCUT2D eigenvalue weighted by molar-refractivity contribution is 8.76. The van der Waals surface area contributed by atoms with Crippen LogP contribution in [0.1, 0.15) is 103 Å². The molecule has 0 bridgehead atoms. The van der Waals surface area contributed by atoms with Gasteiger partial charge in [0.25, 0.3) is 0 Å². The second-order valence-corrected chi connectivity index (χ2v) is 14.3. The lowest BCUT2D eigenvalue weighted by molar-refractivity contribution is 0.368. The van der Waals surface area contributed by atoms with Crippen molar-refractivity contribution >= 4 is 36.8 Å². The monoisotopic (exact) mass is 506 g/mol. The van der Waals surface area contributed by atoms with Gasteiger partial charge in [-0.3, -0.25) is 9.13 Å². The van der Waals surface area contributed by atoms with Crippen LogP contribution in [0.2, 0.25) is 0 Å². The zero-order chi connectivity index (χ0) is 22.6. The van der Waals surface area contributed by atoms with E-state index in [0.29, 0.717) is 12.8 Å². The van der Waals surface area contributed by atoms with Gasteiger partial charge < -0.3 is 19.6 Å². The molecular formula is C20H44O6P2S2. The normalized spacial score (nSPS) is 12.5. The molecule has 0 aliphatic rings. The van der Waals surface area contributed by atoms with Crippen LogP contribution in [0.5, 0.6) is 0 Å². The molecule has 0 aliphatic heterocycles. The summed E-state index contributed by atoms with van der Waals surface area (Å²) in [5, 5.41) is 0. The first-order chi connectivity index (χ1) is 14.2. The highest BCUT2D eigenvalue weighted by Crippen LogP contribution is 2.36. The van der Waals surface area contributed by atoms with E-state index in [9.17, 15) is 9.13 Å². The molecule has 10 heteroatoms. The Morgan fingerprint density at radius 1 is 0.400 bits per heavy atom. The van der Waals surface area contributed by atoms with Crippen molar-refractivity contribution in [2.45, 2.75) is 103 Å². The van der Waals surface area contributed by atoms with Crippen molar-refractivity contribution in [3.05, 3.63) is 0 Å². The Hall–Kier alpha value is 1.000. The molecule has 0 unspecified atom stereocenters. The van der Waals surface area contributed by atoms with Crippen molar-refractivity contribution in [1.29, 1.82) is 0 Å².